The zero-order chi connectivity index (χ0) is 20.5. The summed E-state index contributed by atoms with van der Waals surface area (Å²) in [5.41, 5.74) is 9.91. The van der Waals surface area contributed by atoms with Crippen LogP contribution in [0.25, 0.3) is 5.65 Å². The highest BCUT2D eigenvalue weighted by Crippen LogP contribution is 2.50. The third-order valence-corrected chi connectivity index (χ3v) is 4.84. The number of aromatic nitrogens is 5. The van der Waals surface area contributed by atoms with E-state index in [1.54, 1.807) is 23.8 Å². The zero-order valence-electron chi connectivity index (χ0n) is 15.8. The summed E-state index contributed by atoms with van der Waals surface area (Å²) in [6.45, 7) is -1.06. The van der Waals surface area contributed by atoms with Crippen molar-refractivity contribution in [1.82, 2.24) is 24.8 Å². The van der Waals surface area contributed by atoms with Gasteiger partial charge < -0.3 is 10.5 Å². The van der Waals surface area contributed by atoms with Crippen LogP contribution in [0.15, 0.2) is 47.2 Å². The summed E-state index contributed by atoms with van der Waals surface area (Å²) in [7, 11) is 1.68. The molecule has 0 amide bonds. The fourth-order valence-electron chi connectivity index (χ4n) is 3.25. The number of ether oxygens (including phenoxy) is 1. The molecule has 1 fully saturated rings. The van der Waals surface area contributed by atoms with Crippen molar-refractivity contribution in [3.8, 4) is 5.88 Å². The highest BCUT2D eigenvalue weighted by molar-refractivity contribution is 6.07. The first-order valence-electron chi connectivity index (χ1n) is 9.00. The van der Waals surface area contributed by atoms with E-state index in [0.717, 1.165) is 12.0 Å². The van der Waals surface area contributed by atoms with Gasteiger partial charge in [0.2, 0.25) is 5.88 Å². The van der Waals surface area contributed by atoms with Gasteiger partial charge in [-0.25, -0.2) is 4.98 Å². The van der Waals surface area contributed by atoms with Crippen molar-refractivity contribution in [3.63, 3.8) is 0 Å². The Morgan fingerprint density at radius 1 is 1.31 bits per heavy atom. The third-order valence-electron chi connectivity index (χ3n) is 4.84. The summed E-state index contributed by atoms with van der Waals surface area (Å²) in [5, 5.41) is 12.5. The van der Waals surface area contributed by atoms with E-state index in [4.69, 9.17) is 5.73 Å². The van der Waals surface area contributed by atoms with E-state index in [1.165, 1.54) is 6.07 Å². The maximum absolute atomic E-state index is 12.2. The minimum Gasteiger partial charge on any atom is -0.417 e. The molecule has 0 radical (unpaired) electrons. The van der Waals surface area contributed by atoms with Crippen LogP contribution in [-0.4, -0.2) is 44.2 Å². The first-order chi connectivity index (χ1) is 14.0. The highest BCUT2D eigenvalue weighted by atomic mass is 19.3. The van der Waals surface area contributed by atoms with Crippen LogP contribution in [0.2, 0.25) is 0 Å². The molecule has 10 heteroatoms. The van der Waals surface area contributed by atoms with Crippen molar-refractivity contribution in [1.29, 1.82) is 0 Å². The summed E-state index contributed by atoms with van der Waals surface area (Å²) < 4.78 is 30.4. The molecule has 4 rings (SSSR count). The molecule has 1 aliphatic carbocycles. The average molecular weight is 399 g/mol. The molecule has 0 bridgehead atoms. The van der Waals surface area contributed by atoms with Crippen LogP contribution in [0.3, 0.4) is 0 Å². The van der Waals surface area contributed by atoms with Gasteiger partial charge in [-0.3, -0.25) is 4.99 Å². The van der Waals surface area contributed by atoms with Crippen molar-refractivity contribution < 1.29 is 13.5 Å². The Morgan fingerprint density at radius 2 is 2.14 bits per heavy atom. The smallest absolute Gasteiger partial charge is 0.388 e. The largest absolute Gasteiger partial charge is 0.417 e. The van der Waals surface area contributed by atoms with Crippen LogP contribution >= 0.6 is 0 Å². The molecule has 0 aromatic carbocycles. The third kappa shape index (κ3) is 3.91. The lowest BCUT2D eigenvalue weighted by Gasteiger charge is -2.06. The lowest BCUT2D eigenvalue weighted by Crippen LogP contribution is -2.10. The maximum atomic E-state index is 12.2. The molecule has 2 unspecified atom stereocenters. The van der Waals surface area contributed by atoms with Gasteiger partial charge in [-0.15, -0.1) is 10.2 Å². The van der Waals surface area contributed by atoms with Gasteiger partial charge in [-0.1, -0.05) is 6.07 Å². The Bertz CT molecular complexity index is 1090. The molecule has 3 aromatic heterocycles. The van der Waals surface area contributed by atoms with Gasteiger partial charge in [-0.05, 0) is 43.0 Å². The van der Waals surface area contributed by atoms with E-state index in [1.807, 2.05) is 25.1 Å². The number of rotatable bonds is 6. The number of alkyl halides is 2. The van der Waals surface area contributed by atoms with Crippen LogP contribution in [0, 0.1) is 12.8 Å². The predicted molar refractivity (Wildman–Crippen MR) is 102 cm³/mol. The van der Waals surface area contributed by atoms with Gasteiger partial charge >= 0.3 is 6.61 Å². The van der Waals surface area contributed by atoms with Crippen molar-refractivity contribution in [2.75, 3.05) is 7.05 Å². The number of fused-ring (bicyclic) bond motifs is 1. The van der Waals surface area contributed by atoms with E-state index >= 15 is 0 Å². The van der Waals surface area contributed by atoms with E-state index < -0.39 is 6.61 Å². The zero-order valence-corrected chi connectivity index (χ0v) is 15.8. The van der Waals surface area contributed by atoms with Gasteiger partial charge in [0.25, 0.3) is 0 Å². The van der Waals surface area contributed by atoms with Crippen LogP contribution in [0.4, 0.5) is 8.78 Å². The molecule has 2 atom stereocenters. The fourth-order valence-corrected chi connectivity index (χ4v) is 3.25. The molecule has 0 aliphatic heterocycles. The molecule has 3 aromatic rings. The molecule has 3 heterocycles. The predicted octanol–water partition coefficient (Wildman–Crippen LogP) is 2.49. The van der Waals surface area contributed by atoms with Gasteiger partial charge in [0.1, 0.15) is 5.69 Å². The van der Waals surface area contributed by atoms with E-state index in [9.17, 15) is 8.78 Å². The lowest BCUT2D eigenvalue weighted by atomic mass is 10.1. The minimum atomic E-state index is -2.89. The Balaban J connectivity index is 1.49. The molecule has 1 aliphatic rings. The molecule has 29 heavy (non-hydrogen) atoms. The van der Waals surface area contributed by atoms with Crippen molar-refractivity contribution in [2.45, 2.75) is 25.9 Å². The number of pyridine rings is 1. The maximum Gasteiger partial charge on any atom is 0.388 e. The van der Waals surface area contributed by atoms with Crippen LogP contribution in [-0.2, 0) is 0 Å². The van der Waals surface area contributed by atoms with Crippen molar-refractivity contribution in [2.24, 2.45) is 16.6 Å². The fraction of sp³-hybridized carbons (Fsp3) is 0.316. The Hall–Kier alpha value is -3.43. The van der Waals surface area contributed by atoms with Gasteiger partial charge in [0.05, 0.1) is 5.71 Å². The molecule has 0 saturated heterocycles. The molecule has 1 saturated carbocycles. The lowest BCUT2D eigenvalue weighted by molar-refractivity contribution is -0.0528. The number of nitrogens with two attached hydrogens (primary N) is 1. The number of allylic oxidation sites excluding steroid dienone is 2. The average Bonchev–Trinajstić information content (AvgIpc) is 3.43. The number of aliphatic imine (C=N–C) groups is 1. The first kappa shape index (κ1) is 18.9. The second kappa shape index (κ2) is 7.53. The number of hydrogen-bond donors (Lipinski definition) is 1. The SMILES string of the molecule is CN=C(/C=C(\N)C1CC1c1ccc(OC(F)F)nc1)c1ccc2nnc(C)n2n1. The summed E-state index contributed by atoms with van der Waals surface area (Å²) in [6.07, 6.45) is 4.22. The van der Waals surface area contributed by atoms with E-state index in [0.29, 0.717) is 28.6 Å². The minimum absolute atomic E-state index is 0.101. The number of hydrogen-bond acceptors (Lipinski definition) is 7. The number of nitrogens with zero attached hydrogens (tertiary/aromatic N) is 6. The van der Waals surface area contributed by atoms with Crippen LogP contribution in [0.5, 0.6) is 5.88 Å². The molecule has 8 nitrogen and oxygen atoms in total. The quantitative estimate of drug-likeness (QED) is 0.639. The van der Waals surface area contributed by atoms with Gasteiger partial charge in [0, 0.05) is 30.9 Å². The van der Waals surface area contributed by atoms with Crippen LogP contribution < -0.4 is 10.5 Å². The molecule has 150 valence electrons. The van der Waals surface area contributed by atoms with Gasteiger partial charge in [-0.2, -0.15) is 18.4 Å². The normalized spacial score (nSPS) is 19.8. The summed E-state index contributed by atoms with van der Waals surface area (Å²) in [5.74, 6) is 0.905. The molecular formula is C19H19F2N7O. The summed E-state index contributed by atoms with van der Waals surface area (Å²) in [4.78, 5) is 8.23. The topological polar surface area (TPSA) is 104 Å². The second-order valence-corrected chi connectivity index (χ2v) is 6.75. The van der Waals surface area contributed by atoms with Gasteiger partial charge in [0.15, 0.2) is 11.5 Å². The van der Waals surface area contributed by atoms with Crippen molar-refractivity contribution in [3.05, 3.63) is 59.3 Å². The molecule has 2 N–H and O–H groups in total. The Morgan fingerprint density at radius 3 is 2.83 bits per heavy atom. The summed E-state index contributed by atoms with van der Waals surface area (Å²) in [6, 6.07) is 6.83. The second-order valence-electron chi connectivity index (χ2n) is 6.75. The Kier molecular flexibility index (Phi) is 4.91. The van der Waals surface area contributed by atoms with Crippen LogP contribution in [0.1, 0.15) is 29.4 Å². The first-order valence-corrected chi connectivity index (χ1v) is 9.00. The highest BCUT2D eigenvalue weighted by Gasteiger charge is 2.40. The van der Waals surface area contributed by atoms with Crippen molar-refractivity contribution >= 4 is 11.4 Å². The number of halogens is 2. The summed E-state index contributed by atoms with van der Waals surface area (Å²) >= 11 is 0. The van der Waals surface area contributed by atoms with E-state index in [-0.39, 0.29) is 17.7 Å². The molecule has 0 spiro atoms. The monoisotopic (exact) mass is 399 g/mol. The Labute approximate surface area is 165 Å². The standard InChI is InChI=1S/C19H19F2N7O/c1-10-25-26-17-5-4-15(27-28(10)17)16(23-2)8-14(22)13-7-12(13)11-3-6-18(24-9-11)29-19(20)21/h3-6,8-9,12-13,19H,7,22H2,1-2H3/b14-8-,23-16?. The van der Waals surface area contributed by atoms with E-state index in [2.05, 4.69) is 30.0 Å². The molecular weight excluding hydrogens is 380 g/mol. The number of aryl methyl sites for hydroxylation is 1.